The normalized spacial score (nSPS) is 15.5. The van der Waals surface area contributed by atoms with Gasteiger partial charge in [-0.2, -0.15) is 0 Å². The van der Waals surface area contributed by atoms with Crippen molar-refractivity contribution in [2.45, 2.75) is 77.7 Å². The Kier molecular flexibility index (Phi) is 9.81. The van der Waals surface area contributed by atoms with Gasteiger partial charge in [0.25, 0.3) is 5.91 Å². The van der Waals surface area contributed by atoms with Crippen molar-refractivity contribution in [2.75, 3.05) is 13.7 Å². The lowest BCUT2D eigenvalue weighted by Crippen LogP contribution is -2.61. The van der Waals surface area contributed by atoms with Crippen LogP contribution in [-0.4, -0.2) is 81.5 Å². The Bertz CT molecular complexity index is 1240. The lowest BCUT2D eigenvalue weighted by atomic mass is 9.95. The van der Waals surface area contributed by atoms with Gasteiger partial charge in [0.15, 0.2) is 6.04 Å². The summed E-state index contributed by atoms with van der Waals surface area (Å²) in [5, 5.41) is 20.1. The molecule has 0 bridgehead atoms. The number of aliphatic hydroxyl groups excluding tert-OH is 1. The first-order chi connectivity index (χ1) is 19.2. The van der Waals surface area contributed by atoms with E-state index in [-0.39, 0.29) is 12.5 Å². The number of likely N-dealkylation sites (N-methyl/N-ethyl adjacent to an activating group) is 1. The Balaban J connectivity index is 1.90. The smallest absolute Gasteiger partial charge is 0.418 e. The molecular weight excluding hydrogens is 528 g/mol. The molecule has 10 heteroatoms. The number of aliphatic carboxylic acids is 1. The molecule has 2 N–H and O–H groups in total. The summed E-state index contributed by atoms with van der Waals surface area (Å²) in [5.74, 6) is -3.28. The summed E-state index contributed by atoms with van der Waals surface area (Å²) in [6, 6.07) is 12.6. The Morgan fingerprint density at radius 2 is 1.41 bits per heavy atom. The monoisotopic (exact) mass is 568 g/mol. The Morgan fingerprint density at radius 1 is 0.902 bits per heavy atom. The predicted molar refractivity (Wildman–Crippen MR) is 152 cm³/mol. The van der Waals surface area contributed by atoms with Crippen LogP contribution in [-0.2, 0) is 19.1 Å². The standard InChI is InChI=1S/C31H40N2O8/c1-8-18(2)25(27(35)33(26(19(3)34)28(36)37)30(39)41-31(4,5)6)32(7)29(38)40-17-24-22-15-11-9-13-20(22)21-14-10-12-16-23(21)24/h9-16,18-19,24-26,34H,8,17H2,1-7H3,(H,36,37)/t18-,19+,25-,26+/m0/s1. The van der Waals surface area contributed by atoms with Gasteiger partial charge >= 0.3 is 18.2 Å². The molecule has 4 atom stereocenters. The third kappa shape index (κ3) is 6.87. The van der Waals surface area contributed by atoms with Crippen molar-refractivity contribution in [1.29, 1.82) is 0 Å². The Hall–Kier alpha value is -3.92. The number of hydrogen-bond donors (Lipinski definition) is 2. The molecule has 222 valence electrons. The average Bonchev–Trinajstić information content (AvgIpc) is 3.22. The van der Waals surface area contributed by atoms with Gasteiger partial charge in [0.1, 0.15) is 18.2 Å². The molecule has 1 aliphatic carbocycles. The van der Waals surface area contributed by atoms with Gasteiger partial charge in [0, 0.05) is 13.0 Å². The number of nitrogens with zero attached hydrogens (tertiary/aromatic N) is 2. The highest BCUT2D eigenvalue weighted by molar-refractivity contribution is 6.00. The molecule has 0 saturated heterocycles. The van der Waals surface area contributed by atoms with Crippen molar-refractivity contribution in [3.63, 3.8) is 0 Å². The maximum absolute atomic E-state index is 14.0. The van der Waals surface area contributed by atoms with Gasteiger partial charge in [0.2, 0.25) is 0 Å². The molecule has 0 radical (unpaired) electrons. The molecule has 2 aromatic rings. The van der Waals surface area contributed by atoms with Crippen LogP contribution in [0.25, 0.3) is 11.1 Å². The number of ether oxygens (including phenoxy) is 2. The van der Waals surface area contributed by atoms with Gasteiger partial charge in [0.05, 0.1) is 6.10 Å². The number of carboxylic acids is 1. The second-order valence-corrected chi connectivity index (χ2v) is 11.5. The summed E-state index contributed by atoms with van der Waals surface area (Å²) in [6.45, 7) is 9.40. The van der Waals surface area contributed by atoms with Crippen LogP contribution in [0.1, 0.15) is 65.0 Å². The Morgan fingerprint density at radius 3 is 1.85 bits per heavy atom. The zero-order valence-corrected chi connectivity index (χ0v) is 24.7. The van der Waals surface area contributed by atoms with E-state index in [0.29, 0.717) is 11.3 Å². The molecule has 41 heavy (non-hydrogen) atoms. The van der Waals surface area contributed by atoms with Crippen LogP contribution < -0.4 is 0 Å². The van der Waals surface area contributed by atoms with E-state index in [9.17, 15) is 29.4 Å². The number of fused-ring (bicyclic) bond motifs is 3. The highest BCUT2D eigenvalue weighted by Gasteiger charge is 2.46. The Labute approximate surface area is 240 Å². The lowest BCUT2D eigenvalue weighted by molar-refractivity contribution is -0.156. The fourth-order valence-electron chi connectivity index (χ4n) is 5.15. The number of hydrogen-bond acceptors (Lipinski definition) is 7. The van der Waals surface area contributed by atoms with E-state index >= 15 is 0 Å². The number of imide groups is 1. The minimum atomic E-state index is -1.93. The third-order valence-corrected chi connectivity index (χ3v) is 7.29. The van der Waals surface area contributed by atoms with E-state index in [1.54, 1.807) is 34.6 Å². The minimum Gasteiger partial charge on any atom is -0.480 e. The van der Waals surface area contributed by atoms with E-state index in [1.807, 2.05) is 48.5 Å². The number of aliphatic hydroxyl groups is 1. The van der Waals surface area contributed by atoms with Crippen molar-refractivity contribution in [3.05, 3.63) is 59.7 Å². The molecule has 0 fully saturated rings. The maximum atomic E-state index is 14.0. The summed E-state index contributed by atoms with van der Waals surface area (Å²) < 4.78 is 11.1. The van der Waals surface area contributed by atoms with Crippen molar-refractivity contribution < 1.29 is 38.9 Å². The second kappa shape index (κ2) is 12.7. The first-order valence-corrected chi connectivity index (χ1v) is 13.7. The molecule has 0 saturated carbocycles. The minimum absolute atomic E-state index is 0.0137. The first kappa shape index (κ1) is 31.6. The second-order valence-electron chi connectivity index (χ2n) is 11.5. The van der Waals surface area contributed by atoms with Crippen molar-refractivity contribution >= 4 is 24.1 Å². The van der Waals surface area contributed by atoms with Crippen LogP contribution in [0.15, 0.2) is 48.5 Å². The van der Waals surface area contributed by atoms with Gasteiger partial charge in [-0.25, -0.2) is 19.3 Å². The largest absolute Gasteiger partial charge is 0.480 e. The van der Waals surface area contributed by atoms with Gasteiger partial charge < -0.3 is 19.7 Å². The molecular formula is C31H40N2O8. The van der Waals surface area contributed by atoms with Crippen molar-refractivity contribution in [2.24, 2.45) is 5.92 Å². The molecule has 0 heterocycles. The molecule has 1 aliphatic rings. The maximum Gasteiger partial charge on any atom is 0.418 e. The van der Waals surface area contributed by atoms with E-state index in [1.165, 1.54) is 7.05 Å². The lowest BCUT2D eigenvalue weighted by Gasteiger charge is -2.37. The number of benzene rings is 2. The van der Waals surface area contributed by atoms with Crippen LogP contribution in [0, 0.1) is 5.92 Å². The molecule has 10 nitrogen and oxygen atoms in total. The molecule has 0 aromatic heterocycles. The summed E-state index contributed by atoms with van der Waals surface area (Å²) in [7, 11) is 1.37. The summed E-state index contributed by atoms with van der Waals surface area (Å²) in [5.41, 5.74) is 3.13. The molecule has 0 aliphatic heterocycles. The fourth-order valence-corrected chi connectivity index (χ4v) is 5.15. The quantitative estimate of drug-likeness (QED) is 0.437. The molecule has 3 amide bonds. The number of amides is 3. The molecule has 0 spiro atoms. The third-order valence-electron chi connectivity index (χ3n) is 7.29. The molecule has 0 unspecified atom stereocenters. The number of carboxylic acid groups (broad SMARTS) is 1. The highest BCUT2D eigenvalue weighted by Crippen LogP contribution is 2.44. The van der Waals surface area contributed by atoms with Gasteiger partial charge in [-0.1, -0.05) is 68.8 Å². The average molecular weight is 569 g/mol. The van der Waals surface area contributed by atoms with Gasteiger partial charge in [-0.05, 0) is 55.9 Å². The zero-order chi connectivity index (χ0) is 30.6. The van der Waals surface area contributed by atoms with E-state index in [2.05, 4.69) is 0 Å². The predicted octanol–water partition coefficient (Wildman–Crippen LogP) is 4.88. The fraction of sp³-hybridized carbons (Fsp3) is 0.484. The number of carbonyl (C=O) groups is 4. The SMILES string of the molecule is CC[C@H](C)[C@@H](C(=O)N(C(=O)OC(C)(C)C)[C@@H](C(=O)O)[C@@H](C)O)N(C)C(=O)OCC1c2ccccc2-c2ccccc21. The van der Waals surface area contributed by atoms with E-state index in [0.717, 1.165) is 34.1 Å². The summed E-state index contributed by atoms with van der Waals surface area (Å²) >= 11 is 0. The van der Waals surface area contributed by atoms with Crippen molar-refractivity contribution in [1.82, 2.24) is 9.80 Å². The highest BCUT2D eigenvalue weighted by atomic mass is 16.6. The van der Waals surface area contributed by atoms with Crippen molar-refractivity contribution in [3.8, 4) is 11.1 Å². The zero-order valence-electron chi connectivity index (χ0n) is 24.7. The van der Waals surface area contributed by atoms with E-state index < -0.39 is 53.8 Å². The van der Waals surface area contributed by atoms with Crippen LogP contribution in [0.3, 0.4) is 0 Å². The van der Waals surface area contributed by atoms with Gasteiger partial charge in [-0.15, -0.1) is 0 Å². The van der Waals surface area contributed by atoms with Gasteiger partial charge in [-0.3, -0.25) is 9.69 Å². The topological polar surface area (TPSA) is 134 Å². The first-order valence-electron chi connectivity index (χ1n) is 13.7. The van der Waals surface area contributed by atoms with E-state index in [4.69, 9.17) is 9.47 Å². The van der Waals surface area contributed by atoms with Crippen LogP contribution in [0.2, 0.25) is 0 Å². The summed E-state index contributed by atoms with van der Waals surface area (Å²) in [4.78, 5) is 54.1. The van der Waals surface area contributed by atoms with Crippen LogP contribution in [0.4, 0.5) is 9.59 Å². The van der Waals surface area contributed by atoms with Crippen LogP contribution >= 0.6 is 0 Å². The summed E-state index contributed by atoms with van der Waals surface area (Å²) in [6.07, 6.45) is -3.23. The number of carbonyl (C=O) groups excluding carboxylic acids is 3. The van der Waals surface area contributed by atoms with Crippen LogP contribution in [0.5, 0.6) is 0 Å². The molecule has 2 aromatic carbocycles. The molecule has 3 rings (SSSR count). The number of rotatable bonds is 9.